The zero-order valence-corrected chi connectivity index (χ0v) is 28.6. The molecule has 4 nitrogen and oxygen atoms in total. The number of thioether (sulfide) groups is 1. The Balaban J connectivity index is 1.23. The Kier molecular flexibility index (Phi) is 5.90. The number of fused-ring (bicyclic) bond motifs is 9. The number of aliphatic hydroxyl groups is 1. The fraction of sp³-hybridized carbons (Fsp3) is 0.524. The molecule has 242 valence electrons. The molecule has 0 bridgehead atoms. The minimum Gasteiger partial charge on any atom is -0.393 e. The molecule has 47 heavy (non-hydrogen) atoms. The van der Waals surface area contributed by atoms with Gasteiger partial charge in [-0.15, -0.1) is 11.8 Å². The van der Waals surface area contributed by atoms with Crippen LogP contribution in [0.1, 0.15) is 91.8 Å². The Morgan fingerprint density at radius 3 is 2.49 bits per heavy atom. The molecular formula is C42H45NO3S. The number of carbonyl (C=O) groups excluding carboxylic acids is 2. The normalized spacial score (nSPS) is 43.4. The van der Waals surface area contributed by atoms with Crippen LogP contribution < -0.4 is 0 Å². The van der Waals surface area contributed by atoms with Crippen LogP contribution in [-0.4, -0.2) is 45.3 Å². The molecule has 0 radical (unpaired) electrons. The summed E-state index contributed by atoms with van der Waals surface area (Å²) in [5.41, 5.74) is 3.58. The number of nitrogens with zero attached hydrogens (tertiary/aromatic N) is 1. The number of carbonyl (C=O) groups is 2. The number of ketones is 2. The van der Waals surface area contributed by atoms with Crippen molar-refractivity contribution >= 4 is 34.1 Å². The molecule has 7 aliphatic rings. The van der Waals surface area contributed by atoms with Crippen LogP contribution >= 0.6 is 11.8 Å². The molecule has 2 spiro atoms. The second-order valence-corrected chi connectivity index (χ2v) is 17.8. The van der Waals surface area contributed by atoms with Crippen molar-refractivity contribution in [2.75, 3.05) is 11.6 Å². The van der Waals surface area contributed by atoms with E-state index in [1.54, 1.807) is 0 Å². The Morgan fingerprint density at radius 2 is 1.68 bits per heavy atom. The van der Waals surface area contributed by atoms with Crippen LogP contribution in [0.15, 0.2) is 72.3 Å². The zero-order chi connectivity index (χ0) is 32.1. The highest BCUT2D eigenvalue weighted by Crippen LogP contribution is 2.77. The highest BCUT2D eigenvalue weighted by atomic mass is 32.2. The molecule has 10 rings (SSSR count). The van der Waals surface area contributed by atoms with Crippen molar-refractivity contribution in [2.24, 2.45) is 34.0 Å². The fourth-order valence-corrected chi connectivity index (χ4v) is 14.5. The average Bonchev–Trinajstić information content (AvgIpc) is 3.77. The maximum Gasteiger partial charge on any atom is 0.189 e. The van der Waals surface area contributed by atoms with Gasteiger partial charge in [-0.1, -0.05) is 91.7 Å². The van der Waals surface area contributed by atoms with Gasteiger partial charge in [-0.2, -0.15) is 0 Å². The number of hydrogen-bond acceptors (Lipinski definition) is 5. The summed E-state index contributed by atoms with van der Waals surface area (Å²) >= 11 is 1.93. The van der Waals surface area contributed by atoms with Gasteiger partial charge in [0.1, 0.15) is 11.3 Å². The van der Waals surface area contributed by atoms with Crippen LogP contribution in [-0.2, 0) is 10.3 Å². The smallest absolute Gasteiger partial charge is 0.189 e. The Hall–Kier alpha value is -2.73. The van der Waals surface area contributed by atoms with E-state index in [1.807, 2.05) is 23.9 Å². The van der Waals surface area contributed by atoms with Gasteiger partial charge in [0.05, 0.1) is 11.5 Å². The van der Waals surface area contributed by atoms with Gasteiger partial charge in [0.2, 0.25) is 0 Å². The third kappa shape index (κ3) is 3.26. The van der Waals surface area contributed by atoms with Crippen molar-refractivity contribution in [3.05, 3.63) is 94.6 Å². The van der Waals surface area contributed by atoms with E-state index in [9.17, 15) is 5.11 Å². The maximum absolute atomic E-state index is 16.2. The summed E-state index contributed by atoms with van der Waals surface area (Å²) in [6.45, 7) is 6.91. The zero-order valence-electron chi connectivity index (χ0n) is 27.8. The lowest BCUT2D eigenvalue weighted by Crippen LogP contribution is -2.58. The minimum atomic E-state index is -0.999. The van der Waals surface area contributed by atoms with Crippen molar-refractivity contribution < 1.29 is 14.7 Å². The summed E-state index contributed by atoms with van der Waals surface area (Å²) in [5, 5.41) is 12.8. The molecular weight excluding hydrogens is 599 g/mol. The topological polar surface area (TPSA) is 57.6 Å². The number of hydrogen-bond donors (Lipinski definition) is 1. The molecule has 0 amide bonds. The van der Waals surface area contributed by atoms with Crippen molar-refractivity contribution in [2.45, 2.75) is 89.3 Å². The lowest BCUT2D eigenvalue weighted by Gasteiger charge is -2.56. The van der Waals surface area contributed by atoms with Gasteiger partial charge < -0.3 is 5.11 Å². The van der Waals surface area contributed by atoms with E-state index in [4.69, 9.17) is 0 Å². The van der Waals surface area contributed by atoms with E-state index >= 15 is 9.59 Å². The van der Waals surface area contributed by atoms with Crippen molar-refractivity contribution in [3.63, 3.8) is 0 Å². The van der Waals surface area contributed by atoms with Crippen LogP contribution in [0.3, 0.4) is 0 Å². The SMILES string of the molecule is Cc1ccc([C@H]2[C@@H]3CSCN3[C@@]3(C(=O)c4cccc5cccc3c45)[C@@]23C[C@H]2[C@@H]4CC=C5C[C@@H](O)CC[C@]5(C)[C@H]4CC[C@]2(C)C3=O)cc1. The van der Waals surface area contributed by atoms with Gasteiger partial charge in [0, 0.05) is 34.6 Å². The minimum absolute atomic E-state index is 0.0462. The lowest BCUT2D eigenvalue weighted by molar-refractivity contribution is -0.141. The van der Waals surface area contributed by atoms with Crippen LogP contribution in [0.5, 0.6) is 0 Å². The first kappa shape index (κ1) is 29.2. The van der Waals surface area contributed by atoms with E-state index < -0.39 is 16.4 Å². The molecule has 0 unspecified atom stereocenters. The quantitative estimate of drug-likeness (QED) is 0.271. The highest BCUT2D eigenvalue weighted by Gasteiger charge is 2.82. The van der Waals surface area contributed by atoms with E-state index in [0.717, 1.165) is 78.5 Å². The second kappa shape index (κ2) is 9.49. The highest BCUT2D eigenvalue weighted by molar-refractivity contribution is 7.99. The summed E-state index contributed by atoms with van der Waals surface area (Å²) in [6, 6.07) is 21.8. The third-order valence-electron chi connectivity index (χ3n) is 15.1. The molecule has 3 aromatic carbocycles. The molecule has 5 heteroatoms. The van der Waals surface area contributed by atoms with E-state index in [2.05, 4.69) is 80.3 Å². The molecule has 2 aliphatic heterocycles. The number of aliphatic hydroxyl groups excluding tert-OH is 1. The number of rotatable bonds is 1. The summed E-state index contributed by atoms with van der Waals surface area (Å²) in [5.74, 6) is 3.36. The predicted octanol–water partition coefficient (Wildman–Crippen LogP) is 8.20. The standard InChI is InChI=1S/C42H45NO3S/c1-24-10-12-26(13-11-24)36-34-22-47-23-43(34)42(32-9-5-7-25-6-4-8-30(35(25)32)37(42)45)41(36)21-33-29-15-14-27-20-28(44)16-18-39(27,2)31(29)17-19-40(33,3)38(41)46/h4-14,28-29,31,33-34,36,44H,15-23H2,1-3H3/t28-,29+,31-,33-,34-,36-,39-,40-,41-,42-/m0/s1. The number of aryl methyl sites for hydroxylation is 1. The van der Waals surface area contributed by atoms with Crippen LogP contribution in [0, 0.1) is 40.9 Å². The molecule has 2 heterocycles. The fourth-order valence-electron chi connectivity index (χ4n) is 13.2. The van der Waals surface area contributed by atoms with Crippen molar-refractivity contribution in [1.82, 2.24) is 4.90 Å². The predicted molar refractivity (Wildman–Crippen MR) is 187 cm³/mol. The molecule has 2 saturated heterocycles. The van der Waals surface area contributed by atoms with Gasteiger partial charge in [-0.3, -0.25) is 14.5 Å². The summed E-state index contributed by atoms with van der Waals surface area (Å²) in [7, 11) is 0. The first-order valence-electron chi connectivity index (χ1n) is 18.1. The Morgan fingerprint density at radius 1 is 0.915 bits per heavy atom. The number of Topliss-reactive ketones (excluding diaryl/α,β-unsaturated/α-hetero) is 2. The van der Waals surface area contributed by atoms with Gasteiger partial charge in [-0.25, -0.2) is 0 Å². The van der Waals surface area contributed by atoms with Gasteiger partial charge in [0.15, 0.2) is 5.78 Å². The average molecular weight is 644 g/mol. The molecule has 5 aliphatic carbocycles. The lowest BCUT2D eigenvalue weighted by atomic mass is 9.48. The van der Waals surface area contributed by atoms with E-state index in [0.29, 0.717) is 17.6 Å². The van der Waals surface area contributed by atoms with Crippen LogP contribution in [0.2, 0.25) is 0 Å². The van der Waals surface area contributed by atoms with Gasteiger partial charge in [0.25, 0.3) is 0 Å². The molecule has 3 aromatic rings. The number of benzene rings is 3. The molecule has 5 fully saturated rings. The maximum atomic E-state index is 16.2. The van der Waals surface area contributed by atoms with Gasteiger partial charge >= 0.3 is 0 Å². The second-order valence-electron chi connectivity index (χ2n) is 16.8. The summed E-state index contributed by atoms with van der Waals surface area (Å²) < 4.78 is 0. The third-order valence-corrected chi connectivity index (χ3v) is 16.2. The first-order chi connectivity index (χ1) is 22.7. The monoisotopic (exact) mass is 643 g/mol. The van der Waals surface area contributed by atoms with Crippen LogP contribution in [0.4, 0.5) is 0 Å². The number of allylic oxidation sites excluding steroid dienone is 1. The molecule has 1 N–H and O–H groups in total. The summed E-state index contributed by atoms with van der Waals surface area (Å²) in [4.78, 5) is 34.3. The first-order valence-corrected chi connectivity index (χ1v) is 19.2. The summed E-state index contributed by atoms with van der Waals surface area (Å²) in [6.07, 6.45) is 8.65. The van der Waals surface area contributed by atoms with Gasteiger partial charge in [-0.05, 0) is 96.9 Å². The van der Waals surface area contributed by atoms with E-state index in [1.165, 1.54) is 16.7 Å². The molecule has 10 atom stereocenters. The van der Waals surface area contributed by atoms with Crippen molar-refractivity contribution in [3.8, 4) is 0 Å². The Labute approximate surface area is 282 Å². The largest absolute Gasteiger partial charge is 0.393 e. The molecule has 3 saturated carbocycles. The van der Waals surface area contributed by atoms with Crippen LogP contribution in [0.25, 0.3) is 10.8 Å². The van der Waals surface area contributed by atoms with Crippen molar-refractivity contribution in [1.29, 1.82) is 0 Å². The molecule has 0 aromatic heterocycles. The van der Waals surface area contributed by atoms with E-state index in [-0.39, 0.29) is 35.2 Å². The Bertz CT molecular complexity index is 1910.